The van der Waals surface area contributed by atoms with Crippen molar-refractivity contribution in [1.82, 2.24) is 15.2 Å². The number of hydrogen-bond donors (Lipinski definition) is 1. The van der Waals surface area contributed by atoms with Crippen molar-refractivity contribution >= 4 is 38.3 Å². The highest BCUT2D eigenvalue weighted by atomic mass is 79.9. The lowest BCUT2D eigenvalue weighted by molar-refractivity contribution is -0.116. The van der Waals surface area contributed by atoms with Crippen molar-refractivity contribution in [2.24, 2.45) is 0 Å². The molecule has 0 spiro atoms. The van der Waals surface area contributed by atoms with E-state index in [1.807, 2.05) is 62.4 Å². The molecule has 152 valence electrons. The largest absolute Gasteiger partial charge is 0.421 e. The molecule has 2 aromatic heterocycles. The SMILES string of the molecule is Cc1ccc(-c2nnc(CCC(=O)Nc3nc(-c4ccc(Br)cc4)c(C)s3)o2)cc1. The van der Waals surface area contributed by atoms with E-state index < -0.39 is 0 Å². The predicted octanol–water partition coefficient (Wildman–Crippen LogP) is 5.81. The van der Waals surface area contributed by atoms with Gasteiger partial charge >= 0.3 is 0 Å². The van der Waals surface area contributed by atoms with E-state index in [0.717, 1.165) is 31.7 Å². The summed E-state index contributed by atoms with van der Waals surface area (Å²) in [6.07, 6.45) is 0.608. The van der Waals surface area contributed by atoms with Crippen LogP contribution in [0.2, 0.25) is 0 Å². The van der Waals surface area contributed by atoms with Crippen molar-refractivity contribution in [2.45, 2.75) is 26.7 Å². The van der Waals surface area contributed by atoms with Crippen LogP contribution < -0.4 is 5.32 Å². The summed E-state index contributed by atoms with van der Waals surface area (Å²) in [6.45, 7) is 4.02. The highest BCUT2D eigenvalue weighted by molar-refractivity contribution is 9.10. The van der Waals surface area contributed by atoms with Crippen LogP contribution in [0.3, 0.4) is 0 Å². The molecule has 0 bridgehead atoms. The van der Waals surface area contributed by atoms with Gasteiger partial charge in [-0.15, -0.1) is 21.5 Å². The minimum Gasteiger partial charge on any atom is -0.421 e. The van der Waals surface area contributed by atoms with Gasteiger partial charge in [0.1, 0.15) is 0 Å². The first-order valence-electron chi connectivity index (χ1n) is 9.40. The van der Waals surface area contributed by atoms with Gasteiger partial charge in [-0.2, -0.15) is 0 Å². The minimum absolute atomic E-state index is 0.138. The summed E-state index contributed by atoms with van der Waals surface area (Å²) < 4.78 is 6.69. The lowest BCUT2D eigenvalue weighted by atomic mass is 10.1. The number of rotatable bonds is 6. The number of aryl methyl sites for hydroxylation is 3. The standard InChI is InChI=1S/C22H19BrN4O2S/c1-13-3-5-16(6-4-13)21-27-26-19(29-21)12-11-18(28)24-22-25-20(14(2)30-22)15-7-9-17(23)10-8-15/h3-10H,11-12H2,1-2H3,(H,24,25,28). The molecular weight excluding hydrogens is 464 g/mol. The zero-order valence-electron chi connectivity index (χ0n) is 16.5. The molecule has 0 unspecified atom stereocenters. The first-order chi connectivity index (χ1) is 14.5. The van der Waals surface area contributed by atoms with Crippen LogP contribution in [0, 0.1) is 13.8 Å². The number of carbonyl (C=O) groups is 1. The molecule has 4 aromatic rings. The van der Waals surface area contributed by atoms with Gasteiger partial charge in [-0.1, -0.05) is 45.8 Å². The maximum Gasteiger partial charge on any atom is 0.247 e. The van der Waals surface area contributed by atoms with Crippen LogP contribution in [0.5, 0.6) is 0 Å². The molecule has 4 rings (SSSR count). The van der Waals surface area contributed by atoms with E-state index in [4.69, 9.17) is 4.42 Å². The lowest BCUT2D eigenvalue weighted by Gasteiger charge is -2.00. The number of anilines is 1. The molecule has 6 nitrogen and oxygen atoms in total. The van der Waals surface area contributed by atoms with Crippen molar-refractivity contribution in [3.05, 3.63) is 69.3 Å². The van der Waals surface area contributed by atoms with Gasteiger partial charge in [0.2, 0.25) is 17.7 Å². The predicted molar refractivity (Wildman–Crippen MR) is 121 cm³/mol. The van der Waals surface area contributed by atoms with Gasteiger partial charge in [0.05, 0.1) is 5.69 Å². The number of carbonyl (C=O) groups excluding carboxylic acids is 1. The highest BCUT2D eigenvalue weighted by Crippen LogP contribution is 2.31. The minimum atomic E-state index is -0.138. The third-order valence-corrected chi connectivity index (χ3v) is 5.91. The number of amides is 1. The summed E-state index contributed by atoms with van der Waals surface area (Å²) in [7, 11) is 0. The Morgan fingerprint density at radius 3 is 2.47 bits per heavy atom. The smallest absolute Gasteiger partial charge is 0.247 e. The molecule has 0 saturated carbocycles. The number of halogens is 1. The number of nitrogens with one attached hydrogen (secondary N) is 1. The van der Waals surface area contributed by atoms with E-state index >= 15 is 0 Å². The van der Waals surface area contributed by atoms with Crippen molar-refractivity contribution in [3.8, 4) is 22.7 Å². The van der Waals surface area contributed by atoms with Gasteiger partial charge in [0.15, 0.2) is 5.13 Å². The second-order valence-electron chi connectivity index (χ2n) is 6.85. The van der Waals surface area contributed by atoms with Crippen molar-refractivity contribution < 1.29 is 9.21 Å². The van der Waals surface area contributed by atoms with E-state index in [-0.39, 0.29) is 12.3 Å². The van der Waals surface area contributed by atoms with Crippen LogP contribution in [0.25, 0.3) is 22.7 Å². The molecule has 0 aliphatic carbocycles. The van der Waals surface area contributed by atoms with E-state index in [1.165, 1.54) is 11.3 Å². The molecule has 1 N–H and O–H groups in total. The fraction of sp³-hybridized carbons (Fsp3) is 0.182. The van der Waals surface area contributed by atoms with Crippen LogP contribution in [-0.4, -0.2) is 21.1 Å². The molecule has 0 fully saturated rings. The van der Waals surface area contributed by atoms with Crippen LogP contribution in [0.15, 0.2) is 57.4 Å². The van der Waals surface area contributed by atoms with Crippen molar-refractivity contribution in [1.29, 1.82) is 0 Å². The number of nitrogens with zero attached hydrogens (tertiary/aromatic N) is 3. The van der Waals surface area contributed by atoms with E-state index in [1.54, 1.807) is 0 Å². The molecule has 2 aromatic carbocycles. The molecule has 0 radical (unpaired) electrons. The van der Waals surface area contributed by atoms with Gasteiger partial charge in [-0.3, -0.25) is 4.79 Å². The lowest BCUT2D eigenvalue weighted by Crippen LogP contribution is -2.12. The van der Waals surface area contributed by atoms with Crippen molar-refractivity contribution in [2.75, 3.05) is 5.32 Å². The van der Waals surface area contributed by atoms with E-state index in [9.17, 15) is 4.79 Å². The Balaban J connectivity index is 1.36. The van der Waals surface area contributed by atoms with Crippen molar-refractivity contribution in [3.63, 3.8) is 0 Å². The summed E-state index contributed by atoms with van der Waals surface area (Å²) in [5, 5.41) is 11.6. The summed E-state index contributed by atoms with van der Waals surface area (Å²) in [5.74, 6) is 0.757. The first kappa shape index (κ1) is 20.4. The number of aromatic nitrogens is 3. The summed E-state index contributed by atoms with van der Waals surface area (Å²) in [4.78, 5) is 18.0. The number of thiazole rings is 1. The Hall–Kier alpha value is -2.84. The number of hydrogen-bond acceptors (Lipinski definition) is 6. The average molecular weight is 483 g/mol. The molecule has 0 aliphatic rings. The van der Waals surface area contributed by atoms with Crippen LogP contribution in [0.4, 0.5) is 5.13 Å². The highest BCUT2D eigenvalue weighted by Gasteiger charge is 2.14. The van der Waals surface area contributed by atoms with Gasteiger partial charge in [-0.25, -0.2) is 4.98 Å². The molecule has 0 atom stereocenters. The first-order valence-corrected chi connectivity index (χ1v) is 11.0. The van der Waals surface area contributed by atoms with Gasteiger partial charge < -0.3 is 9.73 Å². The summed E-state index contributed by atoms with van der Waals surface area (Å²) in [5.41, 5.74) is 3.92. The summed E-state index contributed by atoms with van der Waals surface area (Å²) >= 11 is 4.90. The fourth-order valence-corrected chi connectivity index (χ4v) is 4.01. The fourth-order valence-electron chi connectivity index (χ4n) is 2.90. The molecule has 30 heavy (non-hydrogen) atoms. The maximum absolute atomic E-state index is 12.4. The van der Waals surface area contributed by atoms with Crippen LogP contribution in [-0.2, 0) is 11.2 Å². The normalized spacial score (nSPS) is 10.9. The second-order valence-corrected chi connectivity index (χ2v) is 8.96. The molecule has 1 amide bonds. The van der Waals surface area contributed by atoms with Gasteiger partial charge in [-0.05, 0) is 38.1 Å². The van der Waals surface area contributed by atoms with E-state index in [2.05, 4.69) is 36.4 Å². The Bertz CT molecular complexity index is 1170. The topological polar surface area (TPSA) is 80.9 Å². The Labute approximate surface area is 186 Å². The van der Waals surface area contributed by atoms with Crippen LogP contribution in [0.1, 0.15) is 22.8 Å². The van der Waals surface area contributed by atoms with Crippen LogP contribution >= 0.6 is 27.3 Å². The second kappa shape index (κ2) is 8.89. The van der Waals surface area contributed by atoms with Gasteiger partial charge in [0, 0.05) is 33.3 Å². The molecule has 8 heteroatoms. The van der Waals surface area contributed by atoms with Gasteiger partial charge in [0.25, 0.3) is 0 Å². The molecule has 2 heterocycles. The zero-order valence-corrected chi connectivity index (χ0v) is 18.9. The average Bonchev–Trinajstić information content (AvgIpc) is 3.34. The molecule has 0 aliphatic heterocycles. The monoisotopic (exact) mass is 482 g/mol. The summed E-state index contributed by atoms with van der Waals surface area (Å²) in [6, 6.07) is 15.8. The number of benzene rings is 2. The molecule has 0 saturated heterocycles. The Morgan fingerprint density at radius 2 is 1.73 bits per heavy atom. The van der Waals surface area contributed by atoms with E-state index in [0.29, 0.717) is 23.3 Å². The third-order valence-electron chi connectivity index (χ3n) is 4.49. The Morgan fingerprint density at radius 1 is 1.03 bits per heavy atom. The third kappa shape index (κ3) is 4.83. The molecular formula is C22H19BrN4O2S. The maximum atomic E-state index is 12.4. The Kier molecular flexibility index (Phi) is 6.06. The zero-order chi connectivity index (χ0) is 21.1. The quantitative estimate of drug-likeness (QED) is 0.374.